The lowest BCUT2D eigenvalue weighted by Gasteiger charge is -2.30. The molecule has 0 aromatic carbocycles. The number of hydrogen-bond acceptors (Lipinski definition) is 8. The molecule has 1 amide bonds. The predicted molar refractivity (Wildman–Crippen MR) is 129 cm³/mol. The minimum atomic E-state index is -3.60. The van der Waals surface area contributed by atoms with Crippen LogP contribution in [0.3, 0.4) is 0 Å². The summed E-state index contributed by atoms with van der Waals surface area (Å²) in [5.74, 6) is -1.18. The standard InChI is InChI=1S/C22H29N3O5S3/c1-3-9-24-11-8-16-17(14-24)32-21(19(16)22(27)30-2)23-20(26)15-6-4-10-25(13-15)33(28,29)18-7-5-12-31-18/h5,7,12,15H,3-4,6,8-11,13-14H2,1-2H3,(H,23,26). The highest BCUT2D eigenvalue weighted by Crippen LogP contribution is 2.38. The zero-order chi connectivity index (χ0) is 23.6. The first-order valence-corrected chi connectivity index (χ1v) is 14.3. The van der Waals surface area contributed by atoms with Gasteiger partial charge in [-0.05, 0) is 49.2 Å². The minimum Gasteiger partial charge on any atom is -0.465 e. The maximum absolute atomic E-state index is 13.2. The fraction of sp³-hybridized carbons (Fsp3) is 0.545. The average molecular weight is 512 g/mol. The van der Waals surface area contributed by atoms with Crippen LogP contribution in [-0.2, 0) is 32.5 Å². The van der Waals surface area contributed by atoms with Crippen LogP contribution in [0.2, 0.25) is 0 Å². The molecule has 11 heteroatoms. The Morgan fingerprint density at radius 2 is 2.12 bits per heavy atom. The van der Waals surface area contributed by atoms with E-state index in [4.69, 9.17) is 4.74 Å². The van der Waals surface area contributed by atoms with Crippen LogP contribution in [0, 0.1) is 5.92 Å². The number of piperidine rings is 1. The molecule has 0 spiro atoms. The number of anilines is 1. The molecule has 180 valence electrons. The summed E-state index contributed by atoms with van der Waals surface area (Å²) < 4.78 is 32.5. The van der Waals surface area contributed by atoms with Crippen LogP contribution in [-0.4, -0.2) is 62.8 Å². The van der Waals surface area contributed by atoms with Crippen LogP contribution in [0.4, 0.5) is 5.00 Å². The zero-order valence-electron chi connectivity index (χ0n) is 18.8. The second-order valence-electron chi connectivity index (χ2n) is 8.35. The molecule has 0 aliphatic carbocycles. The lowest BCUT2D eigenvalue weighted by molar-refractivity contribution is -0.120. The van der Waals surface area contributed by atoms with Crippen LogP contribution >= 0.6 is 22.7 Å². The largest absolute Gasteiger partial charge is 0.465 e. The third-order valence-corrected chi connectivity index (χ3v) is 10.5. The number of hydrogen-bond donors (Lipinski definition) is 1. The number of fused-ring (bicyclic) bond motifs is 1. The third kappa shape index (κ3) is 5.02. The number of ether oxygens (including phenoxy) is 1. The molecular weight excluding hydrogens is 482 g/mol. The molecule has 2 aliphatic rings. The van der Waals surface area contributed by atoms with Crippen LogP contribution < -0.4 is 5.32 Å². The molecule has 1 fully saturated rings. The Hall–Kier alpha value is -1.79. The predicted octanol–water partition coefficient (Wildman–Crippen LogP) is 3.40. The first-order chi connectivity index (χ1) is 15.8. The number of esters is 1. The minimum absolute atomic E-state index is 0.134. The molecule has 4 rings (SSSR count). The fourth-order valence-electron chi connectivity index (χ4n) is 4.50. The van der Waals surface area contributed by atoms with Gasteiger partial charge in [0.15, 0.2) is 0 Å². The summed E-state index contributed by atoms with van der Waals surface area (Å²) in [6.45, 7) is 5.29. The molecule has 0 saturated carbocycles. The van der Waals surface area contributed by atoms with Crippen molar-refractivity contribution in [3.05, 3.63) is 33.5 Å². The Morgan fingerprint density at radius 1 is 1.30 bits per heavy atom. The van der Waals surface area contributed by atoms with E-state index in [0.717, 1.165) is 42.9 Å². The van der Waals surface area contributed by atoms with Crippen LogP contribution in [0.25, 0.3) is 0 Å². The number of carbonyl (C=O) groups is 2. The van der Waals surface area contributed by atoms with Crippen molar-refractivity contribution in [2.24, 2.45) is 5.92 Å². The average Bonchev–Trinajstić information content (AvgIpc) is 3.47. The van der Waals surface area contributed by atoms with E-state index in [9.17, 15) is 18.0 Å². The van der Waals surface area contributed by atoms with Gasteiger partial charge in [-0.2, -0.15) is 4.31 Å². The molecule has 33 heavy (non-hydrogen) atoms. The zero-order valence-corrected chi connectivity index (χ0v) is 21.3. The van der Waals surface area contributed by atoms with Gasteiger partial charge in [0.1, 0.15) is 9.21 Å². The van der Waals surface area contributed by atoms with Gasteiger partial charge in [0.25, 0.3) is 10.0 Å². The summed E-state index contributed by atoms with van der Waals surface area (Å²) >= 11 is 2.61. The van der Waals surface area contributed by atoms with Gasteiger partial charge in [-0.25, -0.2) is 13.2 Å². The second kappa shape index (κ2) is 10.2. The number of nitrogens with one attached hydrogen (secondary N) is 1. The molecule has 2 aromatic heterocycles. The Labute approximate surface area is 202 Å². The monoisotopic (exact) mass is 511 g/mol. The van der Waals surface area contributed by atoms with Gasteiger partial charge >= 0.3 is 5.97 Å². The Kier molecular flexibility index (Phi) is 7.54. The summed E-state index contributed by atoms with van der Waals surface area (Å²) in [7, 11) is -2.26. The SMILES string of the molecule is CCCN1CCc2c(sc(NC(=O)C3CCCN(S(=O)(=O)c4cccs4)C3)c2C(=O)OC)C1. The number of carbonyl (C=O) groups excluding carboxylic acids is 2. The first-order valence-electron chi connectivity index (χ1n) is 11.1. The molecule has 0 radical (unpaired) electrons. The highest BCUT2D eigenvalue weighted by atomic mass is 32.2. The molecular formula is C22H29N3O5S3. The van der Waals surface area contributed by atoms with E-state index in [1.807, 2.05) is 0 Å². The van der Waals surface area contributed by atoms with Crippen molar-refractivity contribution in [1.29, 1.82) is 0 Å². The van der Waals surface area contributed by atoms with Crippen molar-refractivity contribution >= 4 is 49.6 Å². The molecule has 0 bridgehead atoms. The second-order valence-corrected chi connectivity index (χ2v) is 12.6. The first kappa shape index (κ1) is 24.3. The van der Waals surface area contributed by atoms with Gasteiger partial charge in [-0.3, -0.25) is 9.69 Å². The molecule has 1 N–H and O–H groups in total. The summed E-state index contributed by atoms with van der Waals surface area (Å²) in [6.07, 6.45) is 3.01. The van der Waals surface area contributed by atoms with E-state index in [1.54, 1.807) is 17.5 Å². The van der Waals surface area contributed by atoms with Gasteiger partial charge in [0, 0.05) is 31.1 Å². The van der Waals surface area contributed by atoms with E-state index in [0.29, 0.717) is 34.2 Å². The lowest BCUT2D eigenvalue weighted by Crippen LogP contribution is -2.43. The Balaban J connectivity index is 1.53. The number of sulfonamides is 1. The highest BCUT2D eigenvalue weighted by molar-refractivity contribution is 7.91. The van der Waals surface area contributed by atoms with Gasteiger partial charge < -0.3 is 10.1 Å². The topological polar surface area (TPSA) is 96.0 Å². The fourth-order valence-corrected chi connectivity index (χ4v) is 8.45. The van der Waals surface area contributed by atoms with E-state index >= 15 is 0 Å². The Bertz CT molecular complexity index is 1110. The molecule has 1 unspecified atom stereocenters. The molecule has 4 heterocycles. The summed E-state index contributed by atoms with van der Waals surface area (Å²) in [6, 6.07) is 3.30. The van der Waals surface area contributed by atoms with Gasteiger partial charge in [-0.1, -0.05) is 13.0 Å². The van der Waals surface area contributed by atoms with Gasteiger partial charge in [0.05, 0.1) is 18.6 Å². The molecule has 2 aliphatic heterocycles. The number of methoxy groups -OCH3 is 1. The maximum atomic E-state index is 13.2. The third-order valence-electron chi connectivity index (χ3n) is 6.15. The van der Waals surface area contributed by atoms with Gasteiger partial charge in [-0.15, -0.1) is 22.7 Å². The molecule has 8 nitrogen and oxygen atoms in total. The number of thiophene rings is 2. The van der Waals surface area contributed by atoms with E-state index < -0.39 is 21.9 Å². The van der Waals surface area contributed by atoms with E-state index in [-0.39, 0.29) is 12.5 Å². The van der Waals surface area contributed by atoms with Crippen LogP contribution in [0.1, 0.15) is 47.0 Å². The smallest absolute Gasteiger partial charge is 0.341 e. The molecule has 1 saturated heterocycles. The lowest BCUT2D eigenvalue weighted by atomic mass is 9.98. The summed E-state index contributed by atoms with van der Waals surface area (Å²) in [5.41, 5.74) is 1.40. The van der Waals surface area contributed by atoms with Crippen LogP contribution in [0.5, 0.6) is 0 Å². The Morgan fingerprint density at radius 3 is 2.82 bits per heavy atom. The van der Waals surface area contributed by atoms with Crippen molar-refractivity contribution in [2.45, 2.75) is 43.4 Å². The van der Waals surface area contributed by atoms with E-state index in [1.165, 1.54) is 34.1 Å². The van der Waals surface area contributed by atoms with Crippen molar-refractivity contribution in [3.63, 3.8) is 0 Å². The van der Waals surface area contributed by atoms with Crippen LogP contribution in [0.15, 0.2) is 21.7 Å². The maximum Gasteiger partial charge on any atom is 0.341 e. The van der Waals surface area contributed by atoms with Crippen molar-refractivity contribution in [1.82, 2.24) is 9.21 Å². The summed E-state index contributed by atoms with van der Waals surface area (Å²) in [4.78, 5) is 29.2. The number of amides is 1. The number of nitrogens with zero attached hydrogens (tertiary/aromatic N) is 2. The highest BCUT2D eigenvalue weighted by Gasteiger charge is 2.35. The quantitative estimate of drug-likeness (QED) is 0.573. The normalized spacial score (nSPS) is 19.8. The van der Waals surface area contributed by atoms with Crippen molar-refractivity contribution < 1.29 is 22.7 Å². The van der Waals surface area contributed by atoms with Crippen molar-refractivity contribution in [3.8, 4) is 0 Å². The van der Waals surface area contributed by atoms with E-state index in [2.05, 4.69) is 17.1 Å². The van der Waals surface area contributed by atoms with Crippen molar-refractivity contribution in [2.75, 3.05) is 38.6 Å². The molecule has 1 atom stereocenters. The van der Waals surface area contributed by atoms with Gasteiger partial charge in [0.2, 0.25) is 5.91 Å². The number of rotatable bonds is 7. The summed E-state index contributed by atoms with van der Waals surface area (Å²) in [5, 5.41) is 5.19. The molecule has 2 aromatic rings.